The predicted molar refractivity (Wildman–Crippen MR) is 67.2 cm³/mol. The molecule has 0 bridgehead atoms. The molecule has 1 unspecified atom stereocenters. The number of hydrogen-bond acceptors (Lipinski definition) is 4. The fourth-order valence-electron chi connectivity index (χ4n) is 1.81. The normalized spacial score (nSPS) is 23.9. The summed E-state index contributed by atoms with van der Waals surface area (Å²) in [6.07, 6.45) is 3.69. The monoisotopic (exact) mass is 251 g/mol. The smallest absolute Gasteiger partial charge is 0.150 e. The molecule has 0 spiro atoms. The van der Waals surface area contributed by atoms with Crippen molar-refractivity contribution in [2.45, 2.75) is 25.8 Å². The molecule has 1 fully saturated rings. The summed E-state index contributed by atoms with van der Waals surface area (Å²) in [5.41, 5.74) is 0. The summed E-state index contributed by atoms with van der Waals surface area (Å²) in [5.74, 6) is 2.56. The summed E-state index contributed by atoms with van der Waals surface area (Å²) in [6, 6.07) is 0.415. The summed E-state index contributed by atoms with van der Waals surface area (Å²) in [6.45, 7) is 3.23. The van der Waals surface area contributed by atoms with E-state index in [-0.39, 0.29) is 0 Å². The lowest BCUT2D eigenvalue weighted by molar-refractivity contribution is 0.433. The van der Waals surface area contributed by atoms with E-state index in [0.717, 1.165) is 25.1 Å². The van der Waals surface area contributed by atoms with Crippen LogP contribution < -0.4 is 5.32 Å². The van der Waals surface area contributed by atoms with Gasteiger partial charge < -0.3 is 5.32 Å². The SMILES string of the molecule is CSCC(C)CNC1CCS(=O)(=O)CC1. The zero-order valence-corrected chi connectivity index (χ0v) is 11.2. The highest BCUT2D eigenvalue weighted by Gasteiger charge is 2.23. The van der Waals surface area contributed by atoms with Crippen LogP contribution in [0.1, 0.15) is 19.8 Å². The molecule has 0 aromatic heterocycles. The summed E-state index contributed by atoms with van der Waals surface area (Å²) >= 11 is 1.86. The number of sulfone groups is 1. The number of rotatable bonds is 5. The third kappa shape index (κ3) is 5.22. The summed E-state index contributed by atoms with van der Waals surface area (Å²) in [5, 5.41) is 3.47. The van der Waals surface area contributed by atoms with Crippen molar-refractivity contribution in [3.05, 3.63) is 0 Å². The first-order valence-electron chi connectivity index (χ1n) is 5.46. The molecule has 1 aliphatic rings. The molecule has 5 heteroatoms. The molecule has 0 saturated carbocycles. The van der Waals surface area contributed by atoms with E-state index in [2.05, 4.69) is 18.5 Å². The molecule has 0 aromatic carbocycles. The van der Waals surface area contributed by atoms with Crippen LogP contribution in [0.25, 0.3) is 0 Å². The van der Waals surface area contributed by atoms with Gasteiger partial charge >= 0.3 is 0 Å². The Kier molecular flexibility index (Phi) is 5.43. The van der Waals surface area contributed by atoms with Gasteiger partial charge in [0.25, 0.3) is 0 Å². The van der Waals surface area contributed by atoms with Crippen LogP contribution in [0.3, 0.4) is 0 Å². The Labute approximate surface area is 97.3 Å². The third-order valence-electron chi connectivity index (χ3n) is 2.76. The first-order valence-corrected chi connectivity index (χ1v) is 8.68. The van der Waals surface area contributed by atoms with Crippen molar-refractivity contribution in [1.29, 1.82) is 0 Å². The van der Waals surface area contributed by atoms with Gasteiger partial charge in [0, 0.05) is 6.04 Å². The van der Waals surface area contributed by atoms with Gasteiger partial charge in [0.2, 0.25) is 0 Å². The van der Waals surface area contributed by atoms with E-state index in [1.165, 1.54) is 0 Å². The molecular weight excluding hydrogens is 230 g/mol. The van der Waals surface area contributed by atoms with Crippen molar-refractivity contribution in [3.63, 3.8) is 0 Å². The molecule has 0 radical (unpaired) electrons. The first kappa shape index (κ1) is 13.3. The Morgan fingerprint density at radius 3 is 2.53 bits per heavy atom. The molecule has 1 aliphatic heterocycles. The van der Waals surface area contributed by atoms with E-state index in [1.807, 2.05) is 11.8 Å². The molecule has 90 valence electrons. The fraction of sp³-hybridized carbons (Fsp3) is 1.00. The first-order chi connectivity index (χ1) is 7.03. The zero-order valence-electron chi connectivity index (χ0n) is 9.53. The quantitative estimate of drug-likeness (QED) is 0.796. The van der Waals surface area contributed by atoms with Crippen LogP contribution in [0.2, 0.25) is 0 Å². The van der Waals surface area contributed by atoms with Crippen molar-refractivity contribution >= 4 is 21.6 Å². The van der Waals surface area contributed by atoms with Crippen molar-refractivity contribution in [3.8, 4) is 0 Å². The van der Waals surface area contributed by atoms with Crippen LogP contribution in [0.15, 0.2) is 0 Å². The van der Waals surface area contributed by atoms with Crippen LogP contribution in [0, 0.1) is 5.92 Å². The Morgan fingerprint density at radius 2 is 2.00 bits per heavy atom. The van der Waals surface area contributed by atoms with E-state index < -0.39 is 9.84 Å². The number of thioether (sulfide) groups is 1. The van der Waals surface area contributed by atoms with Crippen LogP contribution in [0.4, 0.5) is 0 Å². The zero-order chi connectivity index (χ0) is 11.3. The van der Waals surface area contributed by atoms with Crippen molar-refractivity contribution in [1.82, 2.24) is 5.32 Å². The van der Waals surface area contributed by atoms with Crippen LogP contribution in [0.5, 0.6) is 0 Å². The van der Waals surface area contributed by atoms with Crippen LogP contribution in [-0.4, -0.2) is 44.5 Å². The van der Waals surface area contributed by atoms with Crippen molar-refractivity contribution in [2.24, 2.45) is 5.92 Å². The molecule has 1 saturated heterocycles. The molecule has 15 heavy (non-hydrogen) atoms. The topological polar surface area (TPSA) is 46.2 Å². The highest BCUT2D eigenvalue weighted by atomic mass is 32.2. The second-order valence-electron chi connectivity index (χ2n) is 4.39. The van der Waals surface area contributed by atoms with Gasteiger partial charge in [0.05, 0.1) is 11.5 Å². The van der Waals surface area contributed by atoms with Crippen molar-refractivity contribution < 1.29 is 8.42 Å². The molecule has 1 N–H and O–H groups in total. The second kappa shape index (κ2) is 6.11. The average molecular weight is 251 g/mol. The molecule has 1 heterocycles. The van der Waals surface area contributed by atoms with Gasteiger partial charge in [-0.2, -0.15) is 11.8 Å². The Balaban J connectivity index is 2.19. The Hall–Kier alpha value is 0.260. The van der Waals surface area contributed by atoms with E-state index in [1.54, 1.807) is 0 Å². The molecule has 1 atom stereocenters. The maximum absolute atomic E-state index is 11.2. The lowest BCUT2D eigenvalue weighted by Gasteiger charge is -2.24. The summed E-state index contributed by atoms with van der Waals surface area (Å²) < 4.78 is 22.4. The molecule has 1 rings (SSSR count). The minimum atomic E-state index is -2.71. The molecule has 0 aromatic rings. The van der Waals surface area contributed by atoms with Crippen LogP contribution >= 0.6 is 11.8 Å². The average Bonchev–Trinajstić information content (AvgIpc) is 2.17. The lowest BCUT2D eigenvalue weighted by atomic mass is 10.1. The summed E-state index contributed by atoms with van der Waals surface area (Å²) in [4.78, 5) is 0. The standard InChI is InChI=1S/C10H21NO2S2/c1-9(8-14-2)7-11-10-3-5-15(12,13)6-4-10/h9-11H,3-8H2,1-2H3. The van der Waals surface area contributed by atoms with E-state index in [4.69, 9.17) is 0 Å². The van der Waals surface area contributed by atoms with Crippen molar-refractivity contribution in [2.75, 3.05) is 30.1 Å². The third-order valence-corrected chi connectivity index (χ3v) is 5.38. The molecule has 0 amide bonds. The molecule has 3 nitrogen and oxygen atoms in total. The van der Waals surface area contributed by atoms with E-state index >= 15 is 0 Å². The highest BCUT2D eigenvalue weighted by Crippen LogP contribution is 2.12. The van der Waals surface area contributed by atoms with Gasteiger partial charge in [-0.1, -0.05) is 6.92 Å². The number of hydrogen-bond donors (Lipinski definition) is 1. The largest absolute Gasteiger partial charge is 0.314 e. The maximum atomic E-state index is 11.2. The molecule has 0 aliphatic carbocycles. The Morgan fingerprint density at radius 1 is 1.40 bits per heavy atom. The maximum Gasteiger partial charge on any atom is 0.150 e. The van der Waals surface area contributed by atoms with Gasteiger partial charge in [-0.3, -0.25) is 0 Å². The van der Waals surface area contributed by atoms with E-state index in [9.17, 15) is 8.42 Å². The van der Waals surface area contributed by atoms with Gasteiger partial charge in [-0.25, -0.2) is 8.42 Å². The Bertz CT molecular complexity index is 263. The predicted octanol–water partition coefficient (Wildman–Crippen LogP) is 1.15. The van der Waals surface area contributed by atoms with Gasteiger partial charge in [-0.15, -0.1) is 0 Å². The number of nitrogens with one attached hydrogen (secondary N) is 1. The van der Waals surface area contributed by atoms with Gasteiger partial charge in [-0.05, 0) is 37.3 Å². The van der Waals surface area contributed by atoms with E-state index in [0.29, 0.717) is 23.5 Å². The van der Waals surface area contributed by atoms with Gasteiger partial charge in [0.15, 0.2) is 0 Å². The lowest BCUT2D eigenvalue weighted by Crippen LogP contribution is -2.39. The minimum absolute atomic E-state index is 0.363. The second-order valence-corrected chi connectivity index (χ2v) is 7.61. The summed E-state index contributed by atoms with van der Waals surface area (Å²) in [7, 11) is -2.71. The highest BCUT2D eigenvalue weighted by molar-refractivity contribution is 7.98. The van der Waals surface area contributed by atoms with Gasteiger partial charge in [0.1, 0.15) is 9.84 Å². The van der Waals surface area contributed by atoms with Crippen LogP contribution in [-0.2, 0) is 9.84 Å². The fourth-order valence-corrected chi connectivity index (χ4v) is 3.98. The molecular formula is C10H21NO2S2. The minimum Gasteiger partial charge on any atom is -0.314 e.